The molecule has 2 aliphatic carbocycles. The van der Waals surface area contributed by atoms with E-state index in [1.807, 2.05) is 0 Å². The summed E-state index contributed by atoms with van der Waals surface area (Å²) < 4.78 is 5.00. The highest BCUT2D eigenvalue weighted by Crippen LogP contribution is 2.44. The van der Waals surface area contributed by atoms with Gasteiger partial charge in [-0.3, -0.25) is 0 Å². The highest BCUT2D eigenvalue weighted by molar-refractivity contribution is 7.80. The summed E-state index contributed by atoms with van der Waals surface area (Å²) in [5, 5.41) is 7.58. The van der Waals surface area contributed by atoms with Crippen LogP contribution in [0.5, 0.6) is 0 Å². The largest absolute Gasteiger partial charge is 0.385 e. The minimum Gasteiger partial charge on any atom is -0.385 e. The van der Waals surface area contributed by atoms with Crippen molar-refractivity contribution >= 4 is 17.3 Å². The summed E-state index contributed by atoms with van der Waals surface area (Å²) in [6.07, 6.45) is 6.57. The molecule has 16 heavy (non-hydrogen) atoms. The zero-order valence-electron chi connectivity index (χ0n) is 10.00. The molecule has 2 aliphatic rings. The molecule has 0 aromatic heterocycles. The average Bonchev–Trinajstić information content (AvgIpc) is 3.15. The van der Waals surface area contributed by atoms with E-state index in [2.05, 4.69) is 10.6 Å². The van der Waals surface area contributed by atoms with Crippen LogP contribution in [0.4, 0.5) is 0 Å². The monoisotopic (exact) mass is 242 g/mol. The van der Waals surface area contributed by atoms with Gasteiger partial charge in [-0.15, -0.1) is 0 Å². The molecule has 0 bridgehead atoms. The van der Waals surface area contributed by atoms with Gasteiger partial charge in [0.1, 0.15) is 0 Å². The van der Waals surface area contributed by atoms with Gasteiger partial charge in [-0.25, -0.2) is 0 Å². The van der Waals surface area contributed by atoms with Crippen molar-refractivity contribution in [3.05, 3.63) is 0 Å². The predicted molar refractivity (Wildman–Crippen MR) is 69.5 cm³/mol. The molecule has 0 aliphatic heterocycles. The van der Waals surface area contributed by atoms with Crippen LogP contribution >= 0.6 is 12.2 Å². The lowest BCUT2D eigenvalue weighted by Crippen LogP contribution is -2.44. The number of ether oxygens (including phenoxy) is 1. The van der Waals surface area contributed by atoms with Gasteiger partial charge in [0.2, 0.25) is 0 Å². The van der Waals surface area contributed by atoms with Crippen molar-refractivity contribution in [1.29, 1.82) is 0 Å². The first kappa shape index (κ1) is 12.1. The highest BCUT2D eigenvalue weighted by atomic mass is 32.1. The lowest BCUT2D eigenvalue weighted by molar-refractivity contribution is 0.195. The molecular formula is C12H22N2OS. The fourth-order valence-electron chi connectivity index (χ4n) is 2.15. The molecule has 0 radical (unpaired) electrons. The zero-order chi connectivity index (χ0) is 11.4. The molecular weight excluding hydrogens is 220 g/mol. The molecule has 92 valence electrons. The molecule has 0 atom stereocenters. The van der Waals surface area contributed by atoms with Crippen LogP contribution in [-0.4, -0.2) is 31.4 Å². The zero-order valence-corrected chi connectivity index (χ0v) is 10.8. The molecule has 0 heterocycles. The number of thiocarbonyl (C=S) groups is 1. The molecule has 0 saturated heterocycles. The Morgan fingerprint density at radius 3 is 2.44 bits per heavy atom. The van der Waals surface area contributed by atoms with E-state index in [1.165, 1.54) is 25.7 Å². The average molecular weight is 242 g/mol. The Balaban J connectivity index is 1.61. The molecule has 0 unspecified atom stereocenters. The molecule has 2 fully saturated rings. The van der Waals surface area contributed by atoms with Crippen molar-refractivity contribution in [2.75, 3.05) is 20.3 Å². The summed E-state index contributed by atoms with van der Waals surface area (Å²) >= 11 is 5.31. The summed E-state index contributed by atoms with van der Waals surface area (Å²) in [6, 6.07) is 0.655. The molecule has 2 rings (SSSR count). The number of hydrogen-bond acceptors (Lipinski definition) is 2. The smallest absolute Gasteiger partial charge is 0.166 e. The summed E-state index contributed by atoms with van der Waals surface area (Å²) in [7, 11) is 1.73. The van der Waals surface area contributed by atoms with Gasteiger partial charge in [0.25, 0.3) is 0 Å². The van der Waals surface area contributed by atoms with E-state index < -0.39 is 0 Å². The van der Waals surface area contributed by atoms with Crippen LogP contribution in [0.15, 0.2) is 0 Å². The fourth-order valence-corrected chi connectivity index (χ4v) is 2.39. The Morgan fingerprint density at radius 2 is 1.94 bits per heavy atom. The highest BCUT2D eigenvalue weighted by Gasteiger charge is 2.41. The second-order valence-electron chi connectivity index (χ2n) is 4.95. The van der Waals surface area contributed by atoms with E-state index in [4.69, 9.17) is 17.0 Å². The summed E-state index contributed by atoms with van der Waals surface area (Å²) in [6.45, 7) is 1.70. The van der Waals surface area contributed by atoms with Crippen LogP contribution in [0.3, 0.4) is 0 Å². The fraction of sp³-hybridized carbons (Fsp3) is 0.917. The second-order valence-corrected chi connectivity index (χ2v) is 5.36. The van der Waals surface area contributed by atoms with Crippen LogP contribution in [-0.2, 0) is 4.74 Å². The first-order chi connectivity index (χ1) is 7.81. The first-order valence-corrected chi connectivity index (χ1v) is 6.75. The third kappa shape index (κ3) is 3.91. The minimum atomic E-state index is 0.655. The Hall–Kier alpha value is -0.350. The maximum Gasteiger partial charge on any atom is 0.166 e. The summed E-state index contributed by atoms with van der Waals surface area (Å²) in [5.41, 5.74) is 0. The van der Waals surface area contributed by atoms with Gasteiger partial charge in [-0.1, -0.05) is 0 Å². The molecule has 2 N–H and O–H groups in total. The van der Waals surface area contributed by atoms with Gasteiger partial charge in [-0.2, -0.15) is 0 Å². The molecule has 0 spiro atoms. The van der Waals surface area contributed by atoms with E-state index in [-0.39, 0.29) is 0 Å². The van der Waals surface area contributed by atoms with Crippen LogP contribution in [0.2, 0.25) is 0 Å². The van der Waals surface area contributed by atoms with Gasteiger partial charge in [0, 0.05) is 26.3 Å². The quantitative estimate of drug-likeness (QED) is 0.526. The number of methoxy groups -OCH3 is 1. The van der Waals surface area contributed by atoms with Gasteiger partial charge >= 0.3 is 0 Å². The molecule has 2 saturated carbocycles. The van der Waals surface area contributed by atoms with Crippen molar-refractivity contribution in [3.63, 3.8) is 0 Å². The number of rotatable bonds is 7. The molecule has 0 amide bonds. The van der Waals surface area contributed by atoms with Gasteiger partial charge in [0.15, 0.2) is 5.11 Å². The molecule has 4 heteroatoms. The third-order valence-electron chi connectivity index (χ3n) is 3.37. The maximum absolute atomic E-state index is 5.31. The van der Waals surface area contributed by atoms with Crippen LogP contribution < -0.4 is 10.6 Å². The van der Waals surface area contributed by atoms with Gasteiger partial charge in [0.05, 0.1) is 0 Å². The van der Waals surface area contributed by atoms with E-state index in [9.17, 15) is 0 Å². The van der Waals surface area contributed by atoms with E-state index in [0.29, 0.717) is 6.04 Å². The van der Waals surface area contributed by atoms with Crippen molar-refractivity contribution < 1.29 is 4.74 Å². The topological polar surface area (TPSA) is 33.3 Å². The van der Waals surface area contributed by atoms with Crippen LogP contribution in [0, 0.1) is 11.8 Å². The Labute approximate surface area is 103 Å². The summed E-state index contributed by atoms with van der Waals surface area (Å²) in [4.78, 5) is 0. The van der Waals surface area contributed by atoms with Gasteiger partial charge in [-0.05, 0) is 56.2 Å². The van der Waals surface area contributed by atoms with Gasteiger partial charge < -0.3 is 15.4 Å². The number of hydrogen-bond donors (Lipinski definition) is 2. The standard InChI is InChI=1S/C12H22N2OS/c1-15-8-2-7-13-12(16)14-11(9-3-4-9)10-5-6-10/h9-11H,2-8H2,1H3,(H2,13,14,16). The molecule has 0 aromatic carbocycles. The van der Waals surface area contributed by atoms with Crippen molar-refractivity contribution in [3.8, 4) is 0 Å². The molecule has 3 nitrogen and oxygen atoms in total. The summed E-state index contributed by atoms with van der Waals surface area (Å²) in [5.74, 6) is 1.79. The van der Waals surface area contributed by atoms with Crippen LogP contribution in [0.25, 0.3) is 0 Å². The van der Waals surface area contributed by atoms with E-state index >= 15 is 0 Å². The Morgan fingerprint density at radius 1 is 1.31 bits per heavy atom. The van der Waals surface area contributed by atoms with Crippen molar-refractivity contribution in [2.45, 2.75) is 38.1 Å². The maximum atomic E-state index is 5.31. The van der Waals surface area contributed by atoms with Crippen molar-refractivity contribution in [2.24, 2.45) is 11.8 Å². The first-order valence-electron chi connectivity index (χ1n) is 6.34. The predicted octanol–water partition coefficient (Wildman–Crippen LogP) is 1.68. The minimum absolute atomic E-state index is 0.655. The van der Waals surface area contributed by atoms with Crippen molar-refractivity contribution in [1.82, 2.24) is 10.6 Å². The van der Waals surface area contributed by atoms with Crippen LogP contribution in [0.1, 0.15) is 32.1 Å². The Kier molecular flexibility index (Phi) is 4.41. The normalized spacial score (nSPS) is 19.9. The van der Waals surface area contributed by atoms with E-state index in [1.54, 1.807) is 7.11 Å². The second kappa shape index (κ2) is 5.82. The lowest BCUT2D eigenvalue weighted by atomic mass is 10.1. The Bertz CT molecular complexity index is 227. The number of nitrogens with one attached hydrogen (secondary N) is 2. The third-order valence-corrected chi connectivity index (χ3v) is 3.63. The molecule has 0 aromatic rings. The SMILES string of the molecule is COCCCNC(=S)NC(C1CC1)C1CC1. The lowest BCUT2D eigenvalue weighted by Gasteiger charge is -2.20. The van der Waals surface area contributed by atoms with E-state index in [0.717, 1.165) is 36.5 Å².